The fraction of sp³-hybridized carbons (Fsp3) is 1.00. The van der Waals surface area contributed by atoms with Crippen LogP contribution in [0.3, 0.4) is 0 Å². The lowest BCUT2D eigenvalue weighted by atomic mass is 10.0. The van der Waals surface area contributed by atoms with Crippen molar-refractivity contribution in [2.45, 2.75) is 51.6 Å². The van der Waals surface area contributed by atoms with E-state index in [1.165, 1.54) is 12.8 Å². The lowest BCUT2D eigenvalue weighted by Crippen LogP contribution is -2.42. The van der Waals surface area contributed by atoms with E-state index in [0.717, 1.165) is 32.0 Å². The van der Waals surface area contributed by atoms with Crippen molar-refractivity contribution < 1.29 is 4.74 Å². The molecule has 96 valence electrons. The molecule has 1 atom stereocenters. The Hall–Kier alpha value is -0.120. The third-order valence-corrected chi connectivity index (χ3v) is 3.51. The zero-order valence-electron chi connectivity index (χ0n) is 11.3. The first-order valence-electron chi connectivity index (χ1n) is 6.46. The highest BCUT2D eigenvalue weighted by atomic mass is 16.5. The van der Waals surface area contributed by atoms with Crippen molar-refractivity contribution in [2.75, 3.05) is 26.8 Å². The molecule has 1 aliphatic rings. The van der Waals surface area contributed by atoms with E-state index in [9.17, 15) is 0 Å². The smallest absolute Gasteiger partial charge is 0.0589 e. The van der Waals surface area contributed by atoms with Gasteiger partial charge in [-0.2, -0.15) is 0 Å². The van der Waals surface area contributed by atoms with Crippen molar-refractivity contribution in [3.8, 4) is 0 Å². The van der Waals surface area contributed by atoms with Gasteiger partial charge in [0.2, 0.25) is 0 Å². The molecule has 2 N–H and O–H groups in total. The van der Waals surface area contributed by atoms with Crippen molar-refractivity contribution in [3.63, 3.8) is 0 Å². The Morgan fingerprint density at radius 2 is 2.00 bits per heavy atom. The number of ether oxygens (including phenoxy) is 1. The molecule has 16 heavy (non-hydrogen) atoms. The fourth-order valence-corrected chi connectivity index (χ4v) is 2.04. The summed E-state index contributed by atoms with van der Waals surface area (Å²) in [4.78, 5) is 2.54. The number of hydrogen-bond donors (Lipinski definition) is 1. The minimum absolute atomic E-state index is 0.0609. The minimum Gasteiger partial charge on any atom is -0.383 e. The Kier molecular flexibility index (Phi) is 5.22. The Morgan fingerprint density at radius 3 is 2.44 bits per heavy atom. The zero-order valence-corrected chi connectivity index (χ0v) is 11.3. The predicted molar refractivity (Wildman–Crippen MR) is 68.5 cm³/mol. The molecule has 0 spiro atoms. The highest BCUT2D eigenvalue weighted by Gasteiger charge is 2.32. The molecule has 3 heteroatoms. The number of nitrogens with two attached hydrogens (primary N) is 1. The fourth-order valence-electron chi connectivity index (χ4n) is 2.04. The molecule has 1 aliphatic carbocycles. The van der Waals surface area contributed by atoms with Gasteiger partial charge >= 0.3 is 0 Å². The Labute approximate surface area is 100 Å². The van der Waals surface area contributed by atoms with Gasteiger partial charge in [-0.3, -0.25) is 4.90 Å². The van der Waals surface area contributed by atoms with Gasteiger partial charge in [0.25, 0.3) is 0 Å². The summed E-state index contributed by atoms with van der Waals surface area (Å²) in [6.07, 6.45) is 3.85. The van der Waals surface area contributed by atoms with Gasteiger partial charge in [0.1, 0.15) is 0 Å². The van der Waals surface area contributed by atoms with Gasteiger partial charge in [0.05, 0.1) is 6.61 Å². The quantitative estimate of drug-likeness (QED) is 0.689. The van der Waals surface area contributed by atoms with Crippen molar-refractivity contribution in [1.29, 1.82) is 0 Å². The average molecular weight is 228 g/mol. The lowest BCUT2D eigenvalue weighted by Gasteiger charge is -2.31. The van der Waals surface area contributed by atoms with Crippen LogP contribution in [0, 0.1) is 5.92 Å². The van der Waals surface area contributed by atoms with Gasteiger partial charge in [-0.1, -0.05) is 0 Å². The Balaban J connectivity index is 2.36. The molecule has 1 rings (SSSR count). The summed E-state index contributed by atoms with van der Waals surface area (Å²) in [7, 11) is 1.77. The van der Waals surface area contributed by atoms with Crippen LogP contribution in [-0.2, 0) is 4.74 Å². The van der Waals surface area contributed by atoms with E-state index in [-0.39, 0.29) is 5.54 Å². The monoisotopic (exact) mass is 228 g/mol. The largest absolute Gasteiger partial charge is 0.383 e. The molecule has 1 unspecified atom stereocenters. The van der Waals surface area contributed by atoms with E-state index in [1.54, 1.807) is 7.11 Å². The second kappa shape index (κ2) is 5.99. The third kappa shape index (κ3) is 5.28. The lowest BCUT2D eigenvalue weighted by molar-refractivity contribution is 0.111. The van der Waals surface area contributed by atoms with Crippen LogP contribution in [0.4, 0.5) is 0 Å². The molecule has 0 aromatic heterocycles. The Bertz CT molecular complexity index is 197. The summed E-state index contributed by atoms with van der Waals surface area (Å²) in [6.45, 7) is 9.49. The molecule has 0 heterocycles. The van der Waals surface area contributed by atoms with Gasteiger partial charge in [-0.25, -0.2) is 0 Å². The van der Waals surface area contributed by atoms with Crippen LogP contribution in [0.1, 0.15) is 40.0 Å². The van der Waals surface area contributed by atoms with Crippen LogP contribution in [0.15, 0.2) is 0 Å². The van der Waals surface area contributed by atoms with Crippen LogP contribution in [0.2, 0.25) is 0 Å². The number of nitrogens with zero attached hydrogens (tertiary/aromatic N) is 1. The Morgan fingerprint density at radius 1 is 1.38 bits per heavy atom. The summed E-state index contributed by atoms with van der Waals surface area (Å²) < 4.78 is 5.18. The van der Waals surface area contributed by atoms with Crippen LogP contribution in [-0.4, -0.2) is 43.3 Å². The molecule has 0 radical (unpaired) electrons. The molecular weight excluding hydrogens is 200 g/mol. The van der Waals surface area contributed by atoms with E-state index in [4.69, 9.17) is 10.5 Å². The summed E-state index contributed by atoms with van der Waals surface area (Å²) >= 11 is 0. The van der Waals surface area contributed by atoms with Gasteiger partial charge in [0.15, 0.2) is 0 Å². The van der Waals surface area contributed by atoms with E-state index in [1.807, 2.05) is 0 Å². The van der Waals surface area contributed by atoms with Gasteiger partial charge in [0, 0.05) is 31.8 Å². The molecule has 0 aromatic rings. The predicted octanol–water partition coefficient (Wildman–Crippen LogP) is 1.86. The van der Waals surface area contributed by atoms with Crippen molar-refractivity contribution in [1.82, 2.24) is 4.90 Å². The van der Waals surface area contributed by atoms with E-state index in [2.05, 4.69) is 25.7 Å². The normalized spacial score (nSPS) is 19.1. The van der Waals surface area contributed by atoms with Crippen molar-refractivity contribution >= 4 is 0 Å². The molecule has 1 saturated carbocycles. The SMILES string of the molecule is COCCN(CCC(C)(C)N)C(C)C1CC1. The zero-order chi connectivity index (χ0) is 12.2. The van der Waals surface area contributed by atoms with Crippen LogP contribution in [0.25, 0.3) is 0 Å². The van der Waals surface area contributed by atoms with Gasteiger partial charge in [-0.05, 0) is 46.0 Å². The molecule has 0 aliphatic heterocycles. The summed E-state index contributed by atoms with van der Waals surface area (Å²) in [6, 6.07) is 0.692. The molecule has 3 nitrogen and oxygen atoms in total. The standard InChI is InChI=1S/C13H28N2O/c1-11(12-5-6-12)15(9-10-16-4)8-7-13(2,3)14/h11-12H,5-10,14H2,1-4H3. The summed E-state index contributed by atoms with van der Waals surface area (Å²) in [5, 5.41) is 0. The number of methoxy groups -OCH3 is 1. The van der Waals surface area contributed by atoms with Crippen molar-refractivity contribution in [3.05, 3.63) is 0 Å². The summed E-state index contributed by atoms with van der Waals surface area (Å²) in [5.41, 5.74) is 5.99. The second-order valence-electron chi connectivity index (χ2n) is 5.85. The van der Waals surface area contributed by atoms with Crippen LogP contribution >= 0.6 is 0 Å². The maximum atomic E-state index is 6.05. The number of rotatable bonds is 8. The highest BCUT2D eigenvalue weighted by Crippen LogP contribution is 2.35. The molecule has 0 aromatic carbocycles. The maximum absolute atomic E-state index is 6.05. The van der Waals surface area contributed by atoms with E-state index < -0.39 is 0 Å². The maximum Gasteiger partial charge on any atom is 0.0589 e. The molecule has 0 amide bonds. The van der Waals surface area contributed by atoms with Gasteiger partial charge in [-0.15, -0.1) is 0 Å². The average Bonchev–Trinajstić information content (AvgIpc) is 2.98. The highest BCUT2D eigenvalue weighted by molar-refractivity contribution is 4.86. The molecule has 0 bridgehead atoms. The van der Waals surface area contributed by atoms with Crippen LogP contribution < -0.4 is 5.73 Å². The van der Waals surface area contributed by atoms with E-state index >= 15 is 0 Å². The van der Waals surface area contributed by atoms with Crippen LogP contribution in [0.5, 0.6) is 0 Å². The van der Waals surface area contributed by atoms with Crippen molar-refractivity contribution in [2.24, 2.45) is 11.7 Å². The summed E-state index contributed by atoms with van der Waals surface area (Å²) in [5.74, 6) is 0.915. The third-order valence-electron chi connectivity index (χ3n) is 3.51. The molecule has 0 saturated heterocycles. The first-order valence-corrected chi connectivity index (χ1v) is 6.46. The molecular formula is C13H28N2O. The first-order chi connectivity index (χ1) is 7.44. The second-order valence-corrected chi connectivity index (χ2v) is 5.85. The topological polar surface area (TPSA) is 38.5 Å². The molecule has 1 fully saturated rings. The first kappa shape index (κ1) is 13.9. The minimum atomic E-state index is -0.0609. The van der Waals surface area contributed by atoms with Gasteiger partial charge < -0.3 is 10.5 Å². The number of hydrogen-bond acceptors (Lipinski definition) is 3. The van der Waals surface area contributed by atoms with E-state index in [0.29, 0.717) is 6.04 Å².